The molecular formula is C26H29FN2O3S. The summed E-state index contributed by atoms with van der Waals surface area (Å²) in [5.41, 5.74) is 2.29. The molecule has 3 aromatic rings. The summed E-state index contributed by atoms with van der Waals surface area (Å²) in [5, 5.41) is 0. The van der Waals surface area contributed by atoms with Crippen LogP contribution in [0.25, 0.3) is 0 Å². The summed E-state index contributed by atoms with van der Waals surface area (Å²) in [6.07, 6.45) is 1.36. The molecule has 1 heterocycles. The quantitative estimate of drug-likeness (QED) is 0.490. The molecule has 174 valence electrons. The lowest BCUT2D eigenvalue weighted by Gasteiger charge is -2.39. The fourth-order valence-corrected chi connectivity index (χ4v) is 6.41. The molecule has 33 heavy (non-hydrogen) atoms. The maximum Gasteiger partial charge on any atom is 0.264 e. The first-order chi connectivity index (χ1) is 15.9. The normalized spacial score (nSPS) is 15.4. The highest BCUT2D eigenvalue weighted by atomic mass is 32.2. The fraction of sp³-hybridized carbons (Fsp3) is 0.308. The molecule has 0 spiro atoms. The Morgan fingerprint density at radius 1 is 0.970 bits per heavy atom. The van der Waals surface area contributed by atoms with Crippen LogP contribution in [0, 0.1) is 12.7 Å². The molecular weight excluding hydrogens is 439 g/mol. The van der Waals surface area contributed by atoms with Gasteiger partial charge < -0.3 is 4.74 Å². The second-order valence-corrected chi connectivity index (χ2v) is 10.1. The first-order valence-corrected chi connectivity index (χ1v) is 12.5. The summed E-state index contributed by atoms with van der Waals surface area (Å²) in [4.78, 5) is 2.60. The van der Waals surface area contributed by atoms with E-state index in [-0.39, 0.29) is 10.9 Å². The van der Waals surface area contributed by atoms with Crippen LogP contribution >= 0.6 is 0 Å². The molecule has 0 saturated carbocycles. The molecule has 0 aromatic heterocycles. The molecule has 5 nitrogen and oxygen atoms in total. The average Bonchev–Trinajstić information content (AvgIpc) is 2.82. The Labute approximate surface area is 195 Å². The largest absolute Gasteiger partial charge is 0.496 e. The molecule has 4 rings (SSSR count). The molecule has 1 aliphatic heterocycles. The number of nitrogens with zero attached hydrogens (tertiary/aromatic N) is 2. The van der Waals surface area contributed by atoms with Crippen LogP contribution in [0.15, 0.2) is 77.7 Å². The smallest absolute Gasteiger partial charge is 0.264 e. The van der Waals surface area contributed by atoms with Gasteiger partial charge in [0, 0.05) is 31.2 Å². The van der Waals surface area contributed by atoms with Crippen molar-refractivity contribution in [1.29, 1.82) is 0 Å². The van der Waals surface area contributed by atoms with Crippen molar-refractivity contribution < 1.29 is 17.5 Å². The van der Waals surface area contributed by atoms with Crippen molar-refractivity contribution in [3.63, 3.8) is 0 Å². The third-order valence-corrected chi connectivity index (χ3v) is 8.23. The van der Waals surface area contributed by atoms with Crippen LogP contribution in [-0.2, 0) is 16.6 Å². The van der Waals surface area contributed by atoms with Gasteiger partial charge in [0.05, 0.1) is 17.7 Å². The Morgan fingerprint density at radius 2 is 1.61 bits per heavy atom. The zero-order valence-corrected chi connectivity index (χ0v) is 19.8. The number of benzene rings is 3. The highest BCUT2D eigenvalue weighted by Gasteiger charge is 2.35. The van der Waals surface area contributed by atoms with Gasteiger partial charge in [-0.05, 0) is 61.7 Å². The van der Waals surface area contributed by atoms with Crippen LogP contribution in [0.4, 0.5) is 10.1 Å². The summed E-state index contributed by atoms with van der Waals surface area (Å²) in [6, 6.07) is 20.5. The molecule has 7 heteroatoms. The second kappa shape index (κ2) is 9.93. The Hall–Kier alpha value is -2.90. The minimum Gasteiger partial charge on any atom is -0.496 e. The lowest BCUT2D eigenvalue weighted by atomic mass is 10.0. The number of piperidine rings is 1. The number of hydrogen-bond donors (Lipinski definition) is 0. The van der Waals surface area contributed by atoms with Gasteiger partial charge in [-0.2, -0.15) is 0 Å². The van der Waals surface area contributed by atoms with Crippen LogP contribution in [-0.4, -0.2) is 39.6 Å². The lowest BCUT2D eigenvalue weighted by molar-refractivity contribution is 0.204. The van der Waals surface area contributed by atoms with Crippen molar-refractivity contribution in [2.75, 3.05) is 24.5 Å². The molecule has 1 aliphatic rings. The van der Waals surface area contributed by atoms with E-state index in [2.05, 4.69) is 11.0 Å². The van der Waals surface area contributed by atoms with Crippen molar-refractivity contribution >= 4 is 15.7 Å². The number of ether oxygens (including phenoxy) is 1. The summed E-state index contributed by atoms with van der Waals surface area (Å²) >= 11 is 0. The fourth-order valence-electron chi connectivity index (χ4n) is 4.47. The van der Waals surface area contributed by atoms with E-state index in [1.54, 1.807) is 44.4 Å². The number of halogens is 1. The monoisotopic (exact) mass is 468 g/mol. The van der Waals surface area contributed by atoms with Crippen LogP contribution < -0.4 is 9.04 Å². The SMILES string of the molecule is COc1ccccc1CN1CCC(N(c2ccc(F)cc2)S(=O)(=O)c2ccccc2C)CC1. The lowest BCUT2D eigenvalue weighted by Crippen LogP contribution is -2.47. The molecule has 3 aromatic carbocycles. The van der Waals surface area contributed by atoms with E-state index in [0.29, 0.717) is 24.1 Å². The van der Waals surface area contributed by atoms with Gasteiger partial charge in [-0.15, -0.1) is 0 Å². The van der Waals surface area contributed by atoms with Gasteiger partial charge in [0.25, 0.3) is 10.0 Å². The Kier molecular flexibility index (Phi) is 7.00. The standard InChI is InChI=1S/C26H29FN2O3S/c1-20-7-3-6-10-26(20)33(30,31)29(23-13-11-22(27)12-14-23)24-15-17-28(18-16-24)19-21-8-4-5-9-25(21)32-2/h3-14,24H,15-19H2,1-2H3. The first kappa shape index (κ1) is 23.3. The van der Waals surface area contributed by atoms with Crippen molar-refractivity contribution in [1.82, 2.24) is 4.90 Å². The molecule has 0 radical (unpaired) electrons. The summed E-state index contributed by atoms with van der Waals surface area (Å²) in [6.45, 7) is 4.05. The van der Waals surface area contributed by atoms with E-state index in [9.17, 15) is 12.8 Å². The number of hydrogen-bond acceptors (Lipinski definition) is 4. The van der Waals surface area contributed by atoms with Crippen LogP contribution in [0.1, 0.15) is 24.0 Å². The second-order valence-electron chi connectivity index (χ2n) is 8.36. The van der Waals surface area contributed by atoms with Crippen molar-refractivity contribution in [3.8, 4) is 5.75 Å². The van der Waals surface area contributed by atoms with Gasteiger partial charge in [-0.3, -0.25) is 9.21 Å². The van der Waals surface area contributed by atoms with Crippen molar-refractivity contribution in [3.05, 3.63) is 89.7 Å². The van der Waals surface area contributed by atoms with Crippen molar-refractivity contribution in [2.24, 2.45) is 0 Å². The topological polar surface area (TPSA) is 49.9 Å². The van der Waals surface area contributed by atoms with Gasteiger partial charge in [0.1, 0.15) is 11.6 Å². The van der Waals surface area contributed by atoms with Gasteiger partial charge in [-0.25, -0.2) is 12.8 Å². The number of para-hydroxylation sites is 1. The predicted molar refractivity (Wildman–Crippen MR) is 129 cm³/mol. The summed E-state index contributed by atoms with van der Waals surface area (Å²) < 4.78 is 48.2. The third-order valence-electron chi connectivity index (χ3n) is 6.19. The highest BCUT2D eigenvalue weighted by Crippen LogP contribution is 2.32. The van der Waals surface area contributed by atoms with Crippen LogP contribution in [0.3, 0.4) is 0 Å². The summed E-state index contributed by atoms with van der Waals surface area (Å²) in [7, 11) is -2.14. The van der Waals surface area contributed by atoms with Gasteiger partial charge in [0.15, 0.2) is 0 Å². The predicted octanol–water partition coefficient (Wildman–Crippen LogP) is 5.00. The number of methoxy groups -OCH3 is 1. The number of likely N-dealkylation sites (tertiary alicyclic amines) is 1. The first-order valence-electron chi connectivity index (χ1n) is 11.1. The van der Waals surface area contributed by atoms with Crippen LogP contribution in [0.2, 0.25) is 0 Å². The van der Waals surface area contributed by atoms with Gasteiger partial charge >= 0.3 is 0 Å². The molecule has 1 fully saturated rings. The summed E-state index contributed by atoms with van der Waals surface area (Å²) in [5.74, 6) is 0.466. The minimum atomic E-state index is -3.81. The van der Waals surface area contributed by atoms with E-state index in [0.717, 1.165) is 30.9 Å². The molecule has 0 N–H and O–H groups in total. The Morgan fingerprint density at radius 3 is 2.27 bits per heavy atom. The third kappa shape index (κ3) is 5.04. The maximum atomic E-state index is 13.8. The van der Waals surface area contributed by atoms with E-state index in [1.807, 2.05) is 24.3 Å². The molecule has 0 aliphatic carbocycles. The molecule has 0 atom stereocenters. The molecule has 1 saturated heterocycles. The van der Waals surface area contributed by atoms with Gasteiger partial charge in [-0.1, -0.05) is 36.4 Å². The maximum absolute atomic E-state index is 13.8. The Bertz CT molecular complexity index is 1190. The number of sulfonamides is 1. The zero-order chi connectivity index (χ0) is 23.4. The number of aryl methyl sites for hydroxylation is 1. The van der Waals surface area contributed by atoms with E-state index in [1.165, 1.54) is 16.4 Å². The van der Waals surface area contributed by atoms with E-state index in [4.69, 9.17) is 4.74 Å². The van der Waals surface area contributed by atoms with Crippen molar-refractivity contribution in [2.45, 2.75) is 37.2 Å². The highest BCUT2D eigenvalue weighted by molar-refractivity contribution is 7.93. The zero-order valence-electron chi connectivity index (χ0n) is 18.9. The average molecular weight is 469 g/mol. The minimum absolute atomic E-state index is 0.214. The number of rotatable bonds is 7. The van der Waals surface area contributed by atoms with E-state index >= 15 is 0 Å². The molecule has 0 unspecified atom stereocenters. The van der Waals surface area contributed by atoms with Crippen LogP contribution in [0.5, 0.6) is 5.75 Å². The van der Waals surface area contributed by atoms with Gasteiger partial charge in [0.2, 0.25) is 0 Å². The van der Waals surface area contributed by atoms with E-state index < -0.39 is 15.8 Å². The Balaban J connectivity index is 1.59. The molecule has 0 amide bonds. The molecule has 0 bridgehead atoms. The number of anilines is 1.